The summed E-state index contributed by atoms with van der Waals surface area (Å²) in [4.78, 5) is 28.4. The van der Waals surface area contributed by atoms with Gasteiger partial charge in [0.15, 0.2) is 5.96 Å². The Morgan fingerprint density at radius 3 is 2.58 bits per heavy atom. The Balaban J connectivity index is 1.41. The molecule has 2 aliphatic rings. The third kappa shape index (κ3) is 5.66. The zero-order valence-corrected chi connectivity index (χ0v) is 17.4. The third-order valence-electron chi connectivity index (χ3n) is 5.48. The van der Waals surface area contributed by atoms with E-state index in [4.69, 9.17) is 9.73 Å². The average molecular weight is 425 g/mol. The first-order chi connectivity index (χ1) is 15.2. The molecule has 0 bridgehead atoms. The number of aromatic nitrogens is 2. The van der Waals surface area contributed by atoms with Gasteiger partial charge < -0.3 is 19.9 Å². The molecule has 10 nitrogen and oxygen atoms in total. The Morgan fingerprint density at radius 2 is 1.94 bits per heavy atom. The first kappa shape index (κ1) is 21.0. The molecule has 0 spiro atoms. The smallest absolute Gasteiger partial charge is 0.269 e. The minimum absolute atomic E-state index is 0.0868. The molecule has 0 aliphatic carbocycles. The number of aliphatic imine (C=N–C) groups is 1. The maximum absolute atomic E-state index is 10.9. The van der Waals surface area contributed by atoms with Gasteiger partial charge >= 0.3 is 0 Å². The highest BCUT2D eigenvalue weighted by Gasteiger charge is 2.23. The number of anilines is 1. The highest BCUT2D eigenvalue weighted by Crippen LogP contribution is 2.15. The topological polar surface area (TPSA) is 109 Å². The molecule has 1 unspecified atom stereocenters. The van der Waals surface area contributed by atoms with Gasteiger partial charge in [-0.3, -0.25) is 10.1 Å². The maximum Gasteiger partial charge on any atom is 0.269 e. The minimum Gasteiger partial charge on any atom is -0.376 e. The van der Waals surface area contributed by atoms with E-state index in [2.05, 4.69) is 25.1 Å². The molecule has 2 saturated heterocycles. The lowest BCUT2D eigenvalue weighted by atomic mass is 10.2. The van der Waals surface area contributed by atoms with E-state index >= 15 is 0 Å². The largest absolute Gasteiger partial charge is 0.376 e. The van der Waals surface area contributed by atoms with Crippen LogP contribution in [0.2, 0.25) is 0 Å². The second-order valence-corrected chi connectivity index (χ2v) is 7.60. The number of hydrogen-bond donors (Lipinski definition) is 1. The molecule has 1 aromatic heterocycles. The molecule has 4 rings (SSSR count). The van der Waals surface area contributed by atoms with Crippen molar-refractivity contribution in [1.82, 2.24) is 20.2 Å². The number of nitrogens with one attached hydrogen (secondary N) is 1. The molecule has 0 amide bonds. The molecule has 1 N–H and O–H groups in total. The Bertz CT molecular complexity index is 878. The second kappa shape index (κ2) is 10.2. The normalized spacial score (nSPS) is 19.5. The number of rotatable bonds is 6. The van der Waals surface area contributed by atoms with E-state index in [9.17, 15) is 10.1 Å². The van der Waals surface area contributed by atoms with E-state index in [-0.39, 0.29) is 11.8 Å². The summed E-state index contributed by atoms with van der Waals surface area (Å²) < 4.78 is 5.74. The fraction of sp³-hybridized carbons (Fsp3) is 0.476. The Morgan fingerprint density at radius 1 is 1.19 bits per heavy atom. The predicted octanol–water partition coefficient (Wildman–Crippen LogP) is 1.83. The Kier molecular flexibility index (Phi) is 6.88. The van der Waals surface area contributed by atoms with Gasteiger partial charge in [0.25, 0.3) is 5.69 Å². The van der Waals surface area contributed by atoms with Crippen molar-refractivity contribution < 1.29 is 9.66 Å². The summed E-state index contributed by atoms with van der Waals surface area (Å²) in [6.45, 7) is 5.21. The van der Waals surface area contributed by atoms with Gasteiger partial charge in [-0.05, 0) is 24.5 Å². The van der Waals surface area contributed by atoms with Gasteiger partial charge in [-0.15, -0.1) is 0 Å². The molecule has 2 aliphatic heterocycles. The van der Waals surface area contributed by atoms with Crippen molar-refractivity contribution in [3.63, 3.8) is 0 Å². The zero-order chi connectivity index (χ0) is 21.5. The van der Waals surface area contributed by atoms with Gasteiger partial charge in [0.2, 0.25) is 5.95 Å². The number of ether oxygens (including phenoxy) is 1. The van der Waals surface area contributed by atoms with E-state index in [1.54, 1.807) is 24.5 Å². The fourth-order valence-electron chi connectivity index (χ4n) is 3.74. The SMILES string of the molecule is O=[N+]([O-])c1ccc(CN=C(NCC2CCCO2)N2CCN(c3ncccn3)CC2)cc1. The van der Waals surface area contributed by atoms with Crippen molar-refractivity contribution in [2.75, 3.05) is 44.2 Å². The van der Waals surface area contributed by atoms with Crippen LogP contribution in [-0.4, -0.2) is 71.2 Å². The molecule has 31 heavy (non-hydrogen) atoms. The van der Waals surface area contributed by atoms with E-state index in [1.807, 2.05) is 6.07 Å². The first-order valence-corrected chi connectivity index (χ1v) is 10.6. The molecule has 2 fully saturated rings. The standard InChI is InChI=1S/C21H27N7O3/c29-28(30)18-6-4-17(5-7-18)15-24-21(25-16-19-3-1-14-31-19)27-12-10-26(11-13-27)20-22-8-2-9-23-20/h2,4-9,19H,1,3,10-16H2,(H,24,25). The van der Waals surface area contributed by atoms with Gasteiger partial charge in [-0.1, -0.05) is 12.1 Å². The summed E-state index contributed by atoms with van der Waals surface area (Å²) in [6, 6.07) is 8.36. The molecule has 2 aromatic rings. The molecular weight excluding hydrogens is 398 g/mol. The minimum atomic E-state index is -0.391. The fourth-order valence-corrected chi connectivity index (χ4v) is 3.74. The third-order valence-corrected chi connectivity index (χ3v) is 5.48. The number of nitro groups is 1. The van der Waals surface area contributed by atoms with Crippen molar-refractivity contribution in [3.8, 4) is 0 Å². The lowest BCUT2D eigenvalue weighted by Crippen LogP contribution is -2.53. The number of nitrogens with zero attached hydrogens (tertiary/aromatic N) is 6. The number of nitro benzene ring substituents is 1. The molecule has 3 heterocycles. The first-order valence-electron chi connectivity index (χ1n) is 10.6. The number of piperazine rings is 1. The number of non-ortho nitro benzene ring substituents is 1. The summed E-state index contributed by atoms with van der Waals surface area (Å²) in [5.74, 6) is 1.58. The van der Waals surface area contributed by atoms with Crippen molar-refractivity contribution in [3.05, 3.63) is 58.4 Å². The second-order valence-electron chi connectivity index (χ2n) is 7.60. The summed E-state index contributed by atoms with van der Waals surface area (Å²) >= 11 is 0. The van der Waals surface area contributed by atoms with Crippen LogP contribution in [0.5, 0.6) is 0 Å². The van der Waals surface area contributed by atoms with E-state index in [1.165, 1.54) is 12.1 Å². The number of benzene rings is 1. The molecular formula is C21H27N7O3. The van der Waals surface area contributed by atoms with Crippen LogP contribution in [0.1, 0.15) is 18.4 Å². The molecule has 1 aromatic carbocycles. The zero-order valence-electron chi connectivity index (χ0n) is 17.4. The van der Waals surface area contributed by atoms with Crippen LogP contribution in [0.25, 0.3) is 0 Å². The van der Waals surface area contributed by atoms with Gasteiger partial charge in [-0.25, -0.2) is 15.0 Å². The van der Waals surface area contributed by atoms with E-state index in [0.717, 1.165) is 69.6 Å². The van der Waals surface area contributed by atoms with Crippen LogP contribution in [-0.2, 0) is 11.3 Å². The van der Waals surface area contributed by atoms with Crippen LogP contribution in [0.3, 0.4) is 0 Å². The Labute approximate surface area is 181 Å². The van der Waals surface area contributed by atoms with E-state index < -0.39 is 4.92 Å². The van der Waals surface area contributed by atoms with Gasteiger partial charge in [0.1, 0.15) is 0 Å². The molecule has 0 saturated carbocycles. The number of guanidine groups is 1. The lowest BCUT2D eigenvalue weighted by Gasteiger charge is -2.36. The van der Waals surface area contributed by atoms with Crippen molar-refractivity contribution in [2.24, 2.45) is 4.99 Å². The lowest BCUT2D eigenvalue weighted by molar-refractivity contribution is -0.384. The Hall–Kier alpha value is -3.27. The van der Waals surface area contributed by atoms with Gasteiger partial charge in [0.05, 0.1) is 17.6 Å². The van der Waals surface area contributed by atoms with Crippen molar-refractivity contribution in [2.45, 2.75) is 25.5 Å². The average Bonchev–Trinajstić information content (AvgIpc) is 3.34. The quantitative estimate of drug-likeness (QED) is 0.323. The van der Waals surface area contributed by atoms with Crippen molar-refractivity contribution in [1.29, 1.82) is 0 Å². The predicted molar refractivity (Wildman–Crippen MR) is 117 cm³/mol. The highest BCUT2D eigenvalue weighted by atomic mass is 16.6. The summed E-state index contributed by atoms with van der Waals surface area (Å²) in [6.07, 6.45) is 5.88. The van der Waals surface area contributed by atoms with Gasteiger partial charge in [-0.2, -0.15) is 0 Å². The molecule has 1 atom stereocenters. The molecule has 10 heteroatoms. The monoisotopic (exact) mass is 425 g/mol. The van der Waals surface area contributed by atoms with Crippen LogP contribution in [0, 0.1) is 10.1 Å². The molecule has 0 radical (unpaired) electrons. The summed E-state index contributed by atoms with van der Waals surface area (Å²) in [5.41, 5.74) is 1.02. The van der Waals surface area contributed by atoms with Gasteiger partial charge in [0, 0.05) is 63.9 Å². The van der Waals surface area contributed by atoms with Crippen LogP contribution >= 0.6 is 0 Å². The van der Waals surface area contributed by atoms with Crippen LogP contribution in [0.4, 0.5) is 11.6 Å². The molecule has 164 valence electrons. The maximum atomic E-state index is 10.9. The summed E-state index contributed by atoms with van der Waals surface area (Å²) in [7, 11) is 0. The van der Waals surface area contributed by atoms with Crippen LogP contribution in [0.15, 0.2) is 47.7 Å². The highest BCUT2D eigenvalue weighted by molar-refractivity contribution is 5.80. The van der Waals surface area contributed by atoms with Crippen molar-refractivity contribution >= 4 is 17.6 Å². The van der Waals surface area contributed by atoms with E-state index in [0.29, 0.717) is 6.54 Å². The summed E-state index contributed by atoms with van der Waals surface area (Å²) in [5, 5.41) is 14.3. The van der Waals surface area contributed by atoms with Crippen LogP contribution < -0.4 is 10.2 Å². The number of hydrogen-bond acceptors (Lipinski definition) is 7.